The van der Waals surface area contributed by atoms with E-state index in [1.807, 2.05) is 45.0 Å². The Labute approximate surface area is 174 Å². The predicted molar refractivity (Wildman–Crippen MR) is 111 cm³/mol. The Morgan fingerprint density at radius 1 is 1.30 bits per heavy atom. The number of aliphatic imine (C=N–C) groups is 1. The number of halogens is 4. The van der Waals surface area contributed by atoms with Crippen LogP contribution in [0.15, 0.2) is 35.5 Å². The standard InChI is InChI=1S/C18H24F3N5.HI/c1-5-22-17(24-13(3)15-9-7-6-8-12(15)2)23-10-14-11-26(4)25-16(14)18(19,20)21;/h6-9,11,13H,5,10H2,1-4H3,(H2,22,23,24);1H. The van der Waals surface area contributed by atoms with Crippen molar-refractivity contribution in [3.05, 3.63) is 52.8 Å². The number of nitrogens with one attached hydrogen (secondary N) is 2. The lowest BCUT2D eigenvalue weighted by Crippen LogP contribution is -2.38. The SMILES string of the molecule is CCNC(=NCc1cn(C)nc1C(F)(F)F)NC(C)c1ccccc1C.I. The second kappa shape index (κ2) is 9.95. The van der Waals surface area contributed by atoms with E-state index in [4.69, 9.17) is 0 Å². The highest BCUT2D eigenvalue weighted by molar-refractivity contribution is 14.0. The molecule has 0 radical (unpaired) electrons. The Balaban J connectivity index is 0.00000364. The molecule has 2 rings (SSSR count). The summed E-state index contributed by atoms with van der Waals surface area (Å²) in [5.74, 6) is 0.459. The molecule has 2 N–H and O–H groups in total. The molecule has 0 spiro atoms. The van der Waals surface area contributed by atoms with Crippen molar-refractivity contribution in [1.82, 2.24) is 20.4 Å². The van der Waals surface area contributed by atoms with Gasteiger partial charge in [0.25, 0.3) is 0 Å². The number of aromatic nitrogens is 2. The highest BCUT2D eigenvalue weighted by Crippen LogP contribution is 2.30. The number of aryl methyl sites for hydroxylation is 2. The molecule has 1 unspecified atom stereocenters. The van der Waals surface area contributed by atoms with E-state index in [9.17, 15) is 13.2 Å². The van der Waals surface area contributed by atoms with Crippen molar-refractivity contribution in [2.24, 2.45) is 12.0 Å². The number of nitrogens with zero attached hydrogens (tertiary/aromatic N) is 3. The summed E-state index contributed by atoms with van der Waals surface area (Å²) in [5.41, 5.74) is 1.39. The largest absolute Gasteiger partial charge is 0.435 e. The van der Waals surface area contributed by atoms with E-state index in [1.165, 1.54) is 13.2 Å². The Bertz CT molecular complexity index is 771. The number of hydrogen-bond donors (Lipinski definition) is 2. The fourth-order valence-corrected chi connectivity index (χ4v) is 2.73. The van der Waals surface area contributed by atoms with Crippen molar-refractivity contribution in [3.63, 3.8) is 0 Å². The van der Waals surface area contributed by atoms with Crippen LogP contribution in [-0.2, 0) is 19.8 Å². The van der Waals surface area contributed by atoms with Crippen molar-refractivity contribution < 1.29 is 13.2 Å². The first-order valence-electron chi connectivity index (χ1n) is 8.42. The normalized spacial score (nSPS) is 13.1. The molecule has 2 aromatic rings. The van der Waals surface area contributed by atoms with Gasteiger partial charge in [-0.1, -0.05) is 24.3 Å². The summed E-state index contributed by atoms with van der Waals surface area (Å²) in [6, 6.07) is 7.91. The molecule has 9 heteroatoms. The molecular weight excluding hydrogens is 470 g/mol. The van der Waals surface area contributed by atoms with Crippen LogP contribution >= 0.6 is 24.0 Å². The van der Waals surface area contributed by atoms with Crippen LogP contribution in [0, 0.1) is 6.92 Å². The minimum absolute atomic E-state index is 0. The molecule has 0 saturated heterocycles. The van der Waals surface area contributed by atoms with Gasteiger partial charge in [0.05, 0.1) is 12.6 Å². The first-order valence-corrected chi connectivity index (χ1v) is 8.42. The van der Waals surface area contributed by atoms with Crippen molar-refractivity contribution in [2.45, 2.75) is 39.5 Å². The Morgan fingerprint density at radius 2 is 1.96 bits per heavy atom. The van der Waals surface area contributed by atoms with E-state index in [1.54, 1.807) is 0 Å². The second-order valence-electron chi connectivity index (χ2n) is 6.09. The topological polar surface area (TPSA) is 54.2 Å². The van der Waals surface area contributed by atoms with E-state index in [2.05, 4.69) is 20.7 Å². The van der Waals surface area contributed by atoms with Crippen LogP contribution in [0.3, 0.4) is 0 Å². The number of rotatable bonds is 5. The molecule has 0 aliphatic heterocycles. The lowest BCUT2D eigenvalue weighted by Gasteiger charge is -2.19. The van der Waals surface area contributed by atoms with E-state index < -0.39 is 11.9 Å². The molecule has 0 aliphatic carbocycles. The van der Waals surface area contributed by atoms with Crippen LogP contribution in [0.2, 0.25) is 0 Å². The molecule has 1 atom stereocenters. The summed E-state index contributed by atoms with van der Waals surface area (Å²) in [6.45, 7) is 6.40. The van der Waals surface area contributed by atoms with Crippen LogP contribution in [-0.4, -0.2) is 22.3 Å². The first-order chi connectivity index (χ1) is 12.2. The zero-order valence-electron chi connectivity index (χ0n) is 15.8. The molecule has 1 aromatic heterocycles. The lowest BCUT2D eigenvalue weighted by molar-refractivity contribution is -0.142. The maximum atomic E-state index is 13.1. The molecule has 1 heterocycles. The average molecular weight is 495 g/mol. The smallest absolute Gasteiger partial charge is 0.357 e. The van der Waals surface area contributed by atoms with E-state index in [-0.39, 0.29) is 42.1 Å². The number of benzene rings is 1. The van der Waals surface area contributed by atoms with Crippen molar-refractivity contribution >= 4 is 29.9 Å². The van der Waals surface area contributed by atoms with Gasteiger partial charge in [-0.05, 0) is 31.9 Å². The number of alkyl halides is 3. The molecule has 0 amide bonds. The molecule has 1 aromatic carbocycles. The summed E-state index contributed by atoms with van der Waals surface area (Å²) in [7, 11) is 1.46. The maximum absolute atomic E-state index is 13.1. The number of guanidine groups is 1. The molecular formula is C18H25F3IN5. The van der Waals surface area contributed by atoms with Crippen LogP contribution in [0.4, 0.5) is 13.2 Å². The molecule has 150 valence electrons. The van der Waals surface area contributed by atoms with Crippen LogP contribution in [0.25, 0.3) is 0 Å². The third-order valence-electron chi connectivity index (χ3n) is 3.93. The summed E-state index contributed by atoms with van der Waals surface area (Å²) < 4.78 is 40.3. The van der Waals surface area contributed by atoms with E-state index >= 15 is 0 Å². The lowest BCUT2D eigenvalue weighted by atomic mass is 10.0. The van der Waals surface area contributed by atoms with E-state index in [0.29, 0.717) is 12.5 Å². The summed E-state index contributed by atoms with van der Waals surface area (Å²) in [6.07, 6.45) is -3.15. The predicted octanol–water partition coefficient (Wildman–Crippen LogP) is 4.18. The molecule has 0 fully saturated rings. The van der Waals surface area contributed by atoms with Crippen LogP contribution in [0.1, 0.15) is 42.3 Å². The molecule has 0 bridgehead atoms. The quantitative estimate of drug-likeness (QED) is 0.372. The van der Waals surface area contributed by atoms with Crippen LogP contribution in [0.5, 0.6) is 0 Å². The summed E-state index contributed by atoms with van der Waals surface area (Å²) in [5, 5.41) is 9.82. The molecule has 27 heavy (non-hydrogen) atoms. The third kappa shape index (κ3) is 6.40. The first kappa shape index (κ1) is 23.3. The van der Waals surface area contributed by atoms with Gasteiger partial charge in [-0.25, -0.2) is 4.99 Å². The van der Waals surface area contributed by atoms with Crippen molar-refractivity contribution in [2.75, 3.05) is 6.54 Å². The van der Waals surface area contributed by atoms with Gasteiger partial charge < -0.3 is 10.6 Å². The highest BCUT2D eigenvalue weighted by atomic mass is 127. The molecule has 0 saturated carbocycles. The Hall–Kier alpha value is -1.78. The van der Waals surface area contributed by atoms with Gasteiger partial charge in [-0.15, -0.1) is 24.0 Å². The fraction of sp³-hybridized carbons (Fsp3) is 0.444. The molecule has 5 nitrogen and oxygen atoms in total. The van der Waals surface area contributed by atoms with Gasteiger partial charge in [0, 0.05) is 25.4 Å². The highest BCUT2D eigenvalue weighted by Gasteiger charge is 2.36. The third-order valence-corrected chi connectivity index (χ3v) is 3.93. The monoisotopic (exact) mass is 495 g/mol. The van der Waals surface area contributed by atoms with Gasteiger partial charge in [-0.3, -0.25) is 4.68 Å². The molecule has 0 aliphatic rings. The van der Waals surface area contributed by atoms with Gasteiger partial charge in [0.1, 0.15) is 0 Å². The minimum Gasteiger partial charge on any atom is -0.357 e. The van der Waals surface area contributed by atoms with Crippen molar-refractivity contribution in [1.29, 1.82) is 0 Å². The van der Waals surface area contributed by atoms with E-state index in [0.717, 1.165) is 15.8 Å². The maximum Gasteiger partial charge on any atom is 0.435 e. The Kier molecular flexibility index (Phi) is 8.58. The van der Waals surface area contributed by atoms with Crippen molar-refractivity contribution in [3.8, 4) is 0 Å². The van der Waals surface area contributed by atoms with Gasteiger partial charge >= 0.3 is 6.18 Å². The second-order valence-corrected chi connectivity index (χ2v) is 6.09. The minimum atomic E-state index is -4.49. The summed E-state index contributed by atoms with van der Waals surface area (Å²) in [4.78, 5) is 4.31. The van der Waals surface area contributed by atoms with Gasteiger partial charge in [0.2, 0.25) is 0 Å². The zero-order chi connectivity index (χ0) is 19.3. The van der Waals surface area contributed by atoms with Gasteiger partial charge in [-0.2, -0.15) is 18.3 Å². The fourth-order valence-electron chi connectivity index (χ4n) is 2.73. The zero-order valence-corrected chi connectivity index (χ0v) is 18.1. The Morgan fingerprint density at radius 3 is 2.56 bits per heavy atom. The average Bonchev–Trinajstić information content (AvgIpc) is 2.94. The van der Waals surface area contributed by atoms with Gasteiger partial charge in [0.15, 0.2) is 11.7 Å². The summed E-state index contributed by atoms with van der Waals surface area (Å²) >= 11 is 0. The number of hydrogen-bond acceptors (Lipinski definition) is 2. The van der Waals surface area contributed by atoms with Crippen LogP contribution < -0.4 is 10.6 Å².